The molecule has 17 heavy (non-hydrogen) atoms. The number of hydrogen-bond acceptors (Lipinski definition) is 3. The topological polar surface area (TPSA) is 37.8 Å². The fourth-order valence-electron chi connectivity index (χ4n) is 1.44. The minimum atomic E-state index is 0.653. The summed E-state index contributed by atoms with van der Waals surface area (Å²) in [5.41, 5.74) is 1.06. The van der Waals surface area contributed by atoms with Crippen molar-refractivity contribution in [2.75, 3.05) is 11.9 Å². The second kappa shape index (κ2) is 5.84. The second-order valence-corrected chi connectivity index (χ2v) is 4.35. The van der Waals surface area contributed by atoms with Crippen molar-refractivity contribution < 1.29 is 0 Å². The van der Waals surface area contributed by atoms with Crippen molar-refractivity contribution in [3.8, 4) is 0 Å². The molecular formula is C12H11Cl2N3. The third-order valence-electron chi connectivity index (χ3n) is 2.28. The first-order valence-corrected chi connectivity index (χ1v) is 5.95. The standard InChI is InChI=1S/C12H11Cl2N3/c13-10-2-1-9(11(14)7-10)3-4-16-12-8-15-5-6-17-12/h1-2,5-8H,3-4H2,(H,16,17). The van der Waals surface area contributed by atoms with Gasteiger partial charge in [-0.2, -0.15) is 0 Å². The normalized spacial score (nSPS) is 10.2. The van der Waals surface area contributed by atoms with Gasteiger partial charge in [0.05, 0.1) is 6.20 Å². The predicted octanol–water partition coefficient (Wildman–Crippen LogP) is 3.44. The molecule has 0 atom stereocenters. The molecule has 1 aromatic carbocycles. The molecule has 2 rings (SSSR count). The summed E-state index contributed by atoms with van der Waals surface area (Å²) in [4.78, 5) is 8.09. The summed E-state index contributed by atoms with van der Waals surface area (Å²) in [5, 5.41) is 4.52. The predicted molar refractivity (Wildman–Crippen MR) is 70.7 cm³/mol. The van der Waals surface area contributed by atoms with E-state index in [-0.39, 0.29) is 0 Å². The van der Waals surface area contributed by atoms with E-state index in [0.717, 1.165) is 24.3 Å². The van der Waals surface area contributed by atoms with E-state index in [1.54, 1.807) is 24.7 Å². The van der Waals surface area contributed by atoms with Crippen LogP contribution in [-0.4, -0.2) is 16.5 Å². The minimum absolute atomic E-state index is 0.653. The van der Waals surface area contributed by atoms with E-state index >= 15 is 0 Å². The number of halogens is 2. The van der Waals surface area contributed by atoms with Gasteiger partial charge in [-0.05, 0) is 24.1 Å². The first-order chi connectivity index (χ1) is 8.25. The third-order valence-corrected chi connectivity index (χ3v) is 2.87. The van der Waals surface area contributed by atoms with Gasteiger partial charge < -0.3 is 5.32 Å². The summed E-state index contributed by atoms with van der Waals surface area (Å²) in [6.07, 6.45) is 5.79. The highest BCUT2D eigenvalue weighted by molar-refractivity contribution is 6.35. The van der Waals surface area contributed by atoms with Gasteiger partial charge in [0, 0.05) is 29.0 Å². The van der Waals surface area contributed by atoms with Crippen LogP contribution in [0.5, 0.6) is 0 Å². The van der Waals surface area contributed by atoms with Crippen LogP contribution < -0.4 is 5.32 Å². The summed E-state index contributed by atoms with van der Waals surface area (Å²) < 4.78 is 0. The Bertz CT molecular complexity index is 488. The molecule has 88 valence electrons. The third kappa shape index (κ3) is 3.58. The van der Waals surface area contributed by atoms with Crippen LogP contribution in [0.15, 0.2) is 36.8 Å². The smallest absolute Gasteiger partial charge is 0.144 e. The van der Waals surface area contributed by atoms with Crippen LogP contribution in [-0.2, 0) is 6.42 Å². The largest absolute Gasteiger partial charge is 0.368 e. The SMILES string of the molecule is Clc1ccc(CCNc2cnccn2)c(Cl)c1. The van der Waals surface area contributed by atoms with Gasteiger partial charge in [-0.1, -0.05) is 29.3 Å². The van der Waals surface area contributed by atoms with Crippen molar-refractivity contribution in [3.05, 3.63) is 52.4 Å². The Morgan fingerprint density at radius 3 is 2.76 bits per heavy atom. The Morgan fingerprint density at radius 2 is 2.06 bits per heavy atom. The number of anilines is 1. The lowest BCUT2D eigenvalue weighted by Gasteiger charge is -2.06. The number of hydrogen-bond donors (Lipinski definition) is 1. The molecule has 0 aliphatic rings. The zero-order valence-electron chi connectivity index (χ0n) is 9.03. The van der Waals surface area contributed by atoms with Crippen LogP contribution in [0.3, 0.4) is 0 Å². The van der Waals surface area contributed by atoms with Crippen LogP contribution in [0.25, 0.3) is 0 Å². The van der Waals surface area contributed by atoms with Crippen LogP contribution in [0.1, 0.15) is 5.56 Å². The molecule has 0 radical (unpaired) electrons. The van der Waals surface area contributed by atoms with E-state index in [9.17, 15) is 0 Å². The Morgan fingerprint density at radius 1 is 1.18 bits per heavy atom. The molecule has 5 heteroatoms. The van der Waals surface area contributed by atoms with Crippen LogP contribution in [0, 0.1) is 0 Å². The van der Waals surface area contributed by atoms with E-state index in [1.807, 2.05) is 12.1 Å². The highest BCUT2D eigenvalue weighted by Crippen LogP contribution is 2.21. The van der Waals surface area contributed by atoms with Gasteiger partial charge >= 0.3 is 0 Å². The molecule has 1 N–H and O–H groups in total. The van der Waals surface area contributed by atoms with Gasteiger partial charge in [0.15, 0.2) is 0 Å². The molecule has 0 spiro atoms. The summed E-state index contributed by atoms with van der Waals surface area (Å²) in [6.45, 7) is 0.750. The van der Waals surface area contributed by atoms with E-state index in [2.05, 4.69) is 15.3 Å². The van der Waals surface area contributed by atoms with Crippen molar-refractivity contribution in [1.82, 2.24) is 9.97 Å². The highest BCUT2D eigenvalue weighted by atomic mass is 35.5. The van der Waals surface area contributed by atoms with Crippen molar-refractivity contribution in [3.63, 3.8) is 0 Å². The molecule has 0 aliphatic heterocycles. The number of rotatable bonds is 4. The summed E-state index contributed by atoms with van der Waals surface area (Å²) in [5.74, 6) is 0.762. The monoisotopic (exact) mass is 267 g/mol. The maximum atomic E-state index is 6.07. The van der Waals surface area contributed by atoms with E-state index in [4.69, 9.17) is 23.2 Å². The minimum Gasteiger partial charge on any atom is -0.368 e. The molecule has 0 unspecified atom stereocenters. The molecule has 0 bridgehead atoms. The maximum Gasteiger partial charge on any atom is 0.144 e. The zero-order valence-corrected chi connectivity index (χ0v) is 10.5. The summed E-state index contributed by atoms with van der Waals surface area (Å²) in [6, 6.07) is 5.52. The van der Waals surface area contributed by atoms with Crippen LogP contribution >= 0.6 is 23.2 Å². The molecule has 0 saturated heterocycles. The molecular weight excluding hydrogens is 257 g/mol. The van der Waals surface area contributed by atoms with E-state index in [1.165, 1.54) is 0 Å². The molecule has 0 fully saturated rings. The van der Waals surface area contributed by atoms with Gasteiger partial charge in [0.1, 0.15) is 5.82 Å². The van der Waals surface area contributed by atoms with Gasteiger partial charge in [0.2, 0.25) is 0 Å². The molecule has 2 aromatic rings. The number of nitrogens with one attached hydrogen (secondary N) is 1. The lowest BCUT2D eigenvalue weighted by molar-refractivity contribution is 1.000. The number of aromatic nitrogens is 2. The Balaban J connectivity index is 1.90. The first-order valence-electron chi connectivity index (χ1n) is 5.19. The highest BCUT2D eigenvalue weighted by Gasteiger charge is 2.01. The van der Waals surface area contributed by atoms with Crippen LogP contribution in [0.2, 0.25) is 10.0 Å². The average Bonchev–Trinajstić information content (AvgIpc) is 2.33. The molecule has 3 nitrogen and oxygen atoms in total. The first kappa shape index (κ1) is 12.1. The molecule has 1 heterocycles. The van der Waals surface area contributed by atoms with Crippen LogP contribution in [0.4, 0.5) is 5.82 Å². The molecule has 0 saturated carbocycles. The number of benzene rings is 1. The van der Waals surface area contributed by atoms with E-state index < -0.39 is 0 Å². The lowest BCUT2D eigenvalue weighted by atomic mass is 10.1. The Kier molecular flexibility index (Phi) is 4.18. The quantitative estimate of drug-likeness (QED) is 0.923. The summed E-state index contributed by atoms with van der Waals surface area (Å²) in [7, 11) is 0. The second-order valence-electron chi connectivity index (χ2n) is 3.50. The van der Waals surface area contributed by atoms with Gasteiger partial charge in [0.25, 0.3) is 0 Å². The Hall–Kier alpha value is -1.32. The van der Waals surface area contributed by atoms with E-state index in [0.29, 0.717) is 10.0 Å². The molecule has 0 aliphatic carbocycles. The van der Waals surface area contributed by atoms with Crippen molar-refractivity contribution in [1.29, 1.82) is 0 Å². The van der Waals surface area contributed by atoms with Crippen molar-refractivity contribution in [2.45, 2.75) is 6.42 Å². The fraction of sp³-hybridized carbons (Fsp3) is 0.167. The van der Waals surface area contributed by atoms with Gasteiger partial charge in [-0.3, -0.25) is 4.98 Å². The summed E-state index contributed by atoms with van der Waals surface area (Å²) >= 11 is 11.9. The van der Waals surface area contributed by atoms with Gasteiger partial charge in [-0.15, -0.1) is 0 Å². The lowest BCUT2D eigenvalue weighted by Crippen LogP contribution is -2.06. The fourth-order valence-corrected chi connectivity index (χ4v) is 1.94. The number of nitrogens with zero attached hydrogens (tertiary/aromatic N) is 2. The molecule has 0 amide bonds. The average molecular weight is 268 g/mol. The maximum absolute atomic E-state index is 6.07. The van der Waals surface area contributed by atoms with Crippen molar-refractivity contribution in [2.24, 2.45) is 0 Å². The van der Waals surface area contributed by atoms with Crippen molar-refractivity contribution >= 4 is 29.0 Å². The molecule has 1 aromatic heterocycles. The zero-order chi connectivity index (χ0) is 12.1. The van der Waals surface area contributed by atoms with Gasteiger partial charge in [-0.25, -0.2) is 4.98 Å². The Labute approximate surface area is 110 Å².